The fourth-order valence-corrected chi connectivity index (χ4v) is 0. The first-order valence-electron chi connectivity index (χ1n) is 1.46. The van der Waals surface area contributed by atoms with Crippen molar-refractivity contribution in [3.63, 3.8) is 0 Å². The summed E-state index contributed by atoms with van der Waals surface area (Å²) in [5.41, 5.74) is 0. The topological polar surface area (TPSA) is 172 Å². The number of hydrogen-bond donors (Lipinski definition) is 0. The van der Waals surface area contributed by atoms with Crippen LogP contribution in [-0.2, 0) is 58.7 Å². The molecule has 0 fully saturated rings. The zero-order valence-corrected chi connectivity index (χ0v) is 11.6. The minimum absolute atomic E-state index is 0. The molecule has 3 radical (unpaired) electrons. The van der Waals surface area contributed by atoms with E-state index < -0.39 is 29.0 Å². The van der Waals surface area contributed by atoms with Crippen LogP contribution in [0, 0.1) is 0 Å². The molecule has 0 atom stereocenters. The van der Waals surface area contributed by atoms with Gasteiger partial charge in [0.2, 0.25) is 0 Å². The van der Waals surface area contributed by atoms with E-state index in [9.17, 15) is 0 Å². The Morgan fingerprint density at radius 3 is 0.538 bits per heavy atom. The van der Waals surface area contributed by atoms with E-state index in [-0.39, 0.29) is 51.2 Å². The summed E-state index contributed by atoms with van der Waals surface area (Å²) >= 11 is -11.8. The molecular formula is As2Cu3O8. The van der Waals surface area contributed by atoms with Crippen LogP contribution in [0.3, 0.4) is 0 Å². The minimum Gasteiger partial charge on any atom is 2.00 e. The molecule has 0 rings (SSSR count). The second-order valence-corrected chi connectivity index (χ2v) is 4.65. The first-order valence-corrected chi connectivity index (χ1v) is 7.59. The molecule has 0 amide bonds. The first-order chi connectivity index (χ1) is 4.00. The van der Waals surface area contributed by atoms with Crippen molar-refractivity contribution in [1.82, 2.24) is 0 Å². The predicted molar refractivity (Wildman–Crippen MR) is 12.9 cm³/mol. The fraction of sp³-hybridized carbons (Fsp3) is 0. The molecule has 0 aliphatic heterocycles. The van der Waals surface area contributed by atoms with Crippen LogP contribution in [0.1, 0.15) is 0 Å². The molecule has 0 aromatic rings. The molecule has 13 heavy (non-hydrogen) atoms. The van der Waals surface area contributed by atoms with Crippen molar-refractivity contribution in [1.29, 1.82) is 0 Å². The average Bonchev–Trinajstić information content (AvgIpc) is 1.12. The van der Waals surface area contributed by atoms with Crippen LogP contribution >= 0.6 is 0 Å². The van der Waals surface area contributed by atoms with Crippen LogP contribution in [0.5, 0.6) is 0 Å². The molecule has 13 heteroatoms. The van der Waals surface area contributed by atoms with Crippen molar-refractivity contribution in [2.75, 3.05) is 0 Å². The summed E-state index contributed by atoms with van der Waals surface area (Å²) in [6.07, 6.45) is 0. The molecule has 0 N–H and O–H groups in total. The van der Waals surface area contributed by atoms with Crippen molar-refractivity contribution in [2.45, 2.75) is 0 Å². The Morgan fingerprint density at radius 2 is 0.538 bits per heavy atom. The molecule has 0 aliphatic carbocycles. The van der Waals surface area contributed by atoms with Gasteiger partial charge in [-0.3, -0.25) is 0 Å². The Kier molecular flexibility index (Phi) is 27.4. The van der Waals surface area contributed by atoms with Gasteiger partial charge in [-0.05, 0) is 0 Å². The van der Waals surface area contributed by atoms with Gasteiger partial charge in [0.1, 0.15) is 0 Å². The SMILES string of the molecule is O=[As]([O-])([O-])[O-].O=[As]([O-])([O-])[O-].[Cu+2].[Cu+2].[Cu+2]. The second-order valence-electron chi connectivity index (χ2n) is 0.894. The van der Waals surface area contributed by atoms with Crippen LogP contribution < -0.4 is 24.6 Å². The molecule has 0 spiro atoms. The molecule has 0 heterocycles. The molecule has 0 unspecified atom stereocenters. The summed E-state index contributed by atoms with van der Waals surface area (Å²) in [7, 11) is 0. The Labute approximate surface area is 111 Å². The Bertz CT molecular complexity index is 130. The minimum atomic E-state index is -5.88. The third kappa shape index (κ3) is 491. The van der Waals surface area contributed by atoms with Gasteiger partial charge in [0.25, 0.3) is 0 Å². The zero-order valence-electron chi connectivity index (χ0n) is 5.06. The Balaban J connectivity index is -0.0000000267. The van der Waals surface area contributed by atoms with E-state index in [1.807, 2.05) is 0 Å². The van der Waals surface area contributed by atoms with Gasteiger partial charge in [-0.1, -0.05) is 0 Å². The van der Waals surface area contributed by atoms with Crippen LogP contribution in [-0.4, -0.2) is 29.0 Å². The molecule has 8 nitrogen and oxygen atoms in total. The van der Waals surface area contributed by atoms with Crippen LogP contribution in [0.4, 0.5) is 0 Å². The maximum absolute atomic E-state index is 8.61. The summed E-state index contributed by atoms with van der Waals surface area (Å²) in [6, 6.07) is 0. The van der Waals surface area contributed by atoms with E-state index in [2.05, 4.69) is 0 Å². The molecular weight excluding hydrogens is 468 g/mol. The number of rotatable bonds is 0. The van der Waals surface area contributed by atoms with E-state index in [1.165, 1.54) is 0 Å². The van der Waals surface area contributed by atoms with Gasteiger partial charge in [-0.25, -0.2) is 0 Å². The first kappa shape index (κ1) is 29.4. The molecule has 0 saturated heterocycles. The summed E-state index contributed by atoms with van der Waals surface area (Å²) in [6.45, 7) is 0. The molecule has 0 aromatic heterocycles. The van der Waals surface area contributed by atoms with Crippen molar-refractivity contribution in [3.05, 3.63) is 0 Å². The molecule has 0 aromatic carbocycles. The summed E-state index contributed by atoms with van der Waals surface area (Å²) in [5.74, 6) is 0. The van der Waals surface area contributed by atoms with Gasteiger partial charge < -0.3 is 0 Å². The van der Waals surface area contributed by atoms with Gasteiger partial charge in [0.15, 0.2) is 0 Å². The molecule has 91 valence electrons. The van der Waals surface area contributed by atoms with E-state index in [0.717, 1.165) is 0 Å². The third-order valence-corrected chi connectivity index (χ3v) is 0. The quantitative estimate of drug-likeness (QED) is 0.315. The van der Waals surface area contributed by atoms with Gasteiger partial charge in [0.05, 0.1) is 0 Å². The molecule has 0 saturated carbocycles. The Morgan fingerprint density at radius 1 is 0.538 bits per heavy atom. The fourth-order valence-electron chi connectivity index (χ4n) is 0. The zero-order chi connectivity index (χ0) is 9.00. The number of hydrogen-bond acceptors (Lipinski definition) is 8. The smallest absolute Gasteiger partial charge is 2.00 e. The van der Waals surface area contributed by atoms with Crippen molar-refractivity contribution >= 4 is 29.0 Å². The standard InChI is InChI=1S/2AsH3O4.3Cu/c2*2-1(3,4)5;;;/h2*(H3,2,3,4,5);;;/q;;3*+2/p-6. The third-order valence-electron chi connectivity index (χ3n) is 0. The Hall–Kier alpha value is 2.04. The monoisotopic (exact) mass is 467 g/mol. The maximum atomic E-state index is 8.61. The van der Waals surface area contributed by atoms with Gasteiger partial charge >= 0.3 is 112 Å². The van der Waals surface area contributed by atoms with E-state index in [1.54, 1.807) is 0 Å². The van der Waals surface area contributed by atoms with E-state index in [4.69, 9.17) is 32.1 Å². The predicted octanol–water partition coefficient (Wildman–Crippen LogP) is -8.14. The largest absolute Gasteiger partial charge is 2.00 e. The summed E-state index contributed by atoms with van der Waals surface area (Å²) in [5, 5.41) is 0. The molecule has 0 aliphatic rings. The van der Waals surface area contributed by atoms with Gasteiger partial charge in [0, 0.05) is 0 Å². The van der Waals surface area contributed by atoms with E-state index in [0.29, 0.717) is 0 Å². The van der Waals surface area contributed by atoms with E-state index >= 15 is 0 Å². The van der Waals surface area contributed by atoms with Crippen molar-refractivity contribution in [3.8, 4) is 0 Å². The van der Waals surface area contributed by atoms with Crippen LogP contribution in [0.15, 0.2) is 0 Å². The van der Waals surface area contributed by atoms with Crippen molar-refractivity contribution in [2.24, 2.45) is 0 Å². The maximum Gasteiger partial charge on any atom is 2.00 e. The summed E-state index contributed by atoms with van der Waals surface area (Å²) in [4.78, 5) is 0. The van der Waals surface area contributed by atoms with Crippen LogP contribution in [0.2, 0.25) is 0 Å². The van der Waals surface area contributed by atoms with Gasteiger partial charge in [-0.2, -0.15) is 0 Å². The van der Waals surface area contributed by atoms with Crippen LogP contribution in [0.25, 0.3) is 0 Å². The molecule has 0 bridgehead atoms. The average molecular weight is 468 g/mol. The van der Waals surface area contributed by atoms with Gasteiger partial charge in [-0.15, -0.1) is 0 Å². The second kappa shape index (κ2) is 12.1. The normalized spacial score (nSPS) is 9.08. The summed E-state index contributed by atoms with van der Waals surface area (Å²) < 4.78 is 68.9. The van der Waals surface area contributed by atoms with Crippen molar-refractivity contribution < 1.29 is 83.3 Å².